The molecule has 7 nitrogen and oxygen atoms in total. The Hall–Kier alpha value is -2.30. The van der Waals surface area contributed by atoms with Gasteiger partial charge in [0.2, 0.25) is 5.91 Å². The molecule has 0 spiro atoms. The van der Waals surface area contributed by atoms with E-state index in [4.69, 9.17) is 0 Å². The number of piperidine rings is 1. The number of nitrogens with zero attached hydrogens (tertiary/aromatic N) is 1. The molecule has 1 fully saturated rings. The van der Waals surface area contributed by atoms with Crippen LogP contribution < -0.4 is 5.32 Å². The molecule has 1 N–H and O–H groups in total. The van der Waals surface area contributed by atoms with Crippen LogP contribution in [-0.4, -0.2) is 55.9 Å². The van der Waals surface area contributed by atoms with Gasteiger partial charge < -0.3 is 19.7 Å². The van der Waals surface area contributed by atoms with E-state index in [0.717, 1.165) is 16.2 Å². The van der Waals surface area contributed by atoms with Gasteiger partial charge in [0.25, 0.3) is 0 Å². The van der Waals surface area contributed by atoms with Gasteiger partial charge in [0, 0.05) is 19.0 Å². The van der Waals surface area contributed by atoms with Gasteiger partial charge in [-0.25, -0.2) is 9.59 Å². The lowest BCUT2D eigenvalue weighted by Crippen LogP contribution is -2.42. The predicted molar refractivity (Wildman–Crippen MR) is 86.0 cm³/mol. The summed E-state index contributed by atoms with van der Waals surface area (Å²) in [6, 6.07) is 3.11. The first-order valence-corrected chi connectivity index (χ1v) is 8.48. The van der Waals surface area contributed by atoms with Crippen LogP contribution in [0.3, 0.4) is 0 Å². The van der Waals surface area contributed by atoms with Crippen LogP contribution in [0.4, 0.5) is 23.0 Å². The highest BCUT2D eigenvalue weighted by Crippen LogP contribution is 2.25. The van der Waals surface area contributed by atoms with E-state index in [-0.39, 0.29) is 24.9 Å². The highest BCUT2D eigenvalue weighted by molar-refractivity contribution is 7.18. The lowest BCUT2D eigenvalue weighted by atomic mass is 9.96. The Kier molecular flexibility index (Phi) is 6.46. The van der Waals surface area contributed by atoms with Gasteiger partial charge in [-0.15, -0.1) is 11.3 Å². The van der Waals surface area contributed by atoms with Crippen molar-refractivity contribution in [3.63, 3.8) is 0 Å². The standard InChI is InChI=1S/C15H17F3N2O5S/c1-24-13(22)10-2-3-11(26-10)19-12(21)9-4-6-20(7-5-9)14(23)25-8-15(16,17)18/h2-3,9H,4-8H2,1H3,(H,19,21). The first-order chi connectivity index (χ1) is 12.2. The second-order valence-electron chi connectivity index (χ2n) is 5.58. The van der Waals surface area contributed by atoms with Crippen molar-refractivity contribution < 1.29 is 37.0 Å². The van der Waals surface area contributed by atoms with Crippen molar-refractivity contribution in [1.82, 2.24) is 4.90 Å². The fourth-order valence-electron chi connectivity index (χ4n) is 2.40. The number of thiophene rings is 1. The first-order valence-electron chi connectivity index (χ1n) is 7.67. The maximum Gasteiger partial charge on any atom is 0.422 e. The maximum absolute atomic E-state index is 12.2. The molecule has 0 saturated carbocycles. The van der Waals surface area contributed by atoms with Crippen molar-refractivity contribution in [2.24, 2.45) is 5.92 Å². The molecular weight excluding hydrogens is 377 g/mol. The van der Waals surface area contributed by atoms with Gasteiger partial charge in [0.05, 0.1) is 12.1 Å². The summed E-state index contributed by atoms with van der Waals surface area (Å²) in [5.74, 6) is -1.15. The minimum atomic E-state index is -4.57. The summed E-state index contributed by atoms with van der Waals surface area (Å²) < 4.78 is 44.9. The Morgan fingerprint density at radius 1 is 1.27 bits per heavy atom. The zero-order chi connectivity index (χ0) is 19.3. The average molecular weight is 394 g/mol. The summed E-state index contributed by atoms with van der Waals surface area (Å²) >= 11 is 1.07. The Bertz CT molecular complexity index is 668. The number of anilines is 1. The normalized spacial score (nSPS) is 15.5. The molecule has 0 unspecified atom stereocenters. The van der Waals surface area contributed by atoms with Crippen molar-refractivity contribution in [3.8, 4) is 0 Å². The van der Waals surface area contributed by atoms with Crippen LogP contribution in [0, 0.1) is 5.92 Å². The number of carbonyl (C=O) groups is 3. The number of rotatable bonds is 4. The van der Waals surface area contributed by atoms with E-state index >= 15 is 0 Å². The van der Waals surface area contributed by atoms with Gasteiger partial charge in [0.1, 0.15) is 4.88 Å². The molecule has 144 valence electrons. The highest BCUT2D eigenvalue weighted by Gasteiger charge is 2.33. The molecule has 1 aromatic heterocycles. The molecule has 2 amide bonds. The van der Waals surface area contributed by atoms with Gasteiger partial charge in [-0.2, -0.15) is 13.2 Å². The Morgan fingerprint density at radius 2 is 1.92 bits per heavy atom. The minimum absolute atomic E-state index is 0.132. The van der Waals surface area contributed by atoms with Crippen LogP contribution in [-0.2, 0) is 14.3 Å². The Labute approximate surface area is 151 Å². The van der Waals surface area contributed by atoms with Crippen LogP contribution in [0.25, 0.3) is 0 Å². The van der Waals surface area contributed by atoms with Crippen molar-refractivity contribution in [3.05, 3.63) is 17.0 Å². The molecular formula is C15H17F3N2O5S. The number of alkyl halides is 3. The molecule has 0 bridgehead atoms. The van der Waals surface area contributed by atoms with E-state index in [0.29, 0.717) is 22.7 Å². The molecule has 2 rings (SSSR count). The maximum atomic E-state index is 12.2. The molecule has 11 heteroatoms. The second kappa shape index (κ2) is 8.39. The quantitative estimate of drug-likeness (QED) is 0.794. The number of ether oxygens (including phenoxy) is 2. The zero-order valence-corrected chi connectivity index (χ0v) is 14.6. The molecule has 26 heavy (non-hydrogen) atoms. The summed E-state index contributed by atoms with van der Waals surface area (Å²) in [4.78, 5) is 36.7. The van der Waals surface area contributed by atoms with E-state index in [1.54, 1.807) is 6.07 Å². The number of nitrogens with one attached hydrogen (secondary N) is 1. The third-order valence-electron chi connectivity index (χ3n) is 3.72. The molecule has 0 atom stereocenters. The molecule has 0 aromatic carbocycles. The number of hydrogen-bond donors (Lipinski definition) is 1. The molecule has 1 aliphatic rings. The van der Waals surface area contributed by atoms with Crippen molar-refractivity contribution in [2.45, 2.75) is 19.0 Å². The highest BCUT2D eigenvalue weighted by atomic mass is 32.1. The van der Waals surface area contributed by atoms with Crippen LogP contribution >= 0.6 is 11.3 Å². The summed E-state index contributed by atoms with van der Waals surface area (Å²) in [6.45, 7) is -1.37. The smallest absolute Gasteiger partial charge is 0.422 e. The monoisotopic (exact) mass is 394 g/mol. The SMILES string of the molecule is COC(=O)c1ccc(NC(=O)C2CCN(C(=O)OCC(F)(F)F)CC2)s1. The molecule has 2 heterocycles. The predicted octanol–water partition coefficient (Wildman–Crippen LogP) is 2.88. The molecule has 1 aromatic rings. The Morgan fingerprint density at radius 3 is 2.50 bits per heavy atom. The van der Waals surface area contributed by atoms with Gasteiger partial charge in [-0.1, -0.05) is 0 Å². The molecule has 0 aliphatic carbocycles. The first kappa shape index (κ1) is 20.0. The fourth-order valence-corrected chi connectivity index (χ4v) is 3.23. The van der Waals surface area contributed by atoms with Crippen molar-refractivity contribution in [1.29, 1.82) is 0 Å². The number of carbonyl (C=O) groups excluding carboxylic acids is 3. The number of esters is 1. The van der Waals surface area contributed by atoms with Crippen molar-refractivity contribution in [2.75, 3.05) is 32.1 Å². The second-order valence-corrected chi connectivity index (χ2v) is 6.66. The van der Waals surface area contributed by atoms with Crippen LogP contribution in [0.15, 0.2) is 12.1 Å². The van der Waals surface area contributed by atoms with Gasteiger partial charge in [0.15, 0.2) is 6.61 Å². The molecule has 1 aliphatic heterocycles. The topological polar surface area (TPSA) is 84.9 Å². The largest absolute Gasteiger partial charge is 0.465 e. The number of hydrogen-bond acceptors (Lipinski definition) is 6. The van der Waals surface area contributed by atoms with E-state index in [9.17, 15) is 27.6 Å². The third-order valence-corrected chi connectivity index (χ3v) is 4.70. The van der Waals surface area contributed by atoms with E-state index < -0.39 is 24.8 Å². The summed E-state index contributed by atoms with van der Waals surface area (Å²) in [6.07, 6.45) is -5.00. The van der Waals surface area contributed by atoms with E-state index in [1.807, 2.05) is 0 Å². The van der Waals surface area contributed by atoms with E-state index in [1.165, 1.54) is 13.2 Å². The van der Waals surface area contributed by atoms with E-state index in [2.05, 4.69) is 14.8 Å². The van der Waals surface area contributed by atoms with Crippen LogP contribution in [0.2, 0.25) is 0 Å². The lowest BCUT2D eigenvalue weighted by Gasteiger charge is -2.30. The molecule has 1 saturated heterocycles. The van der Waals surface area contributed by atoms with Crippen LogP contribution in [0.5, 0.6) is 0 Å². The lowest BCUT2D eigenvalue weighted by molar-refractivity contribution is -0.162. The fraction of sp³-hybridized carbons (Fsp3) is 0.533. The molecule has 0 radical (unpaired) electrons. The average Bonchev–Trinajstić information content (AvgIpc) is 3.07. The number of methoxy groups -OCH3 is 1. The number of halogens is 3. The summed E-state index contributed by atoms with van der Waals surface area (Å²) in [7, 11) is 1.26. The Balaban J connectivity index is 1.80. The number of likely N-dealkylation sites (tertiary alicyclic amines) is 1. The third kappa shape index (κ3) is 5.61. The number of amides is 2. The summed E-state index contributed by atoms with van der Waals surface area (Å²) in [5.41, 5.74) is 0. The van der Waals surface area contributed by atoms with Gasteiger partial charge >= 0.3 is 18.2 Å². The van der Waals surface area contributed by atoms with Crippen molar-refractivity contribution >= 4 is 34.3 Å². The van der Waals surface area contributed by atoms with Crippen LogP contribution in [0.1, 0.15) is 22.5 Å². The van der Waals surface area contributed by atoms with Gasteiger partial charge in [-0.3, -0.25) is 4.79 Å². The zero-order valence-electron chi connectivity index (χ0n) is 13.8. The minimum Gasteiger partial charge on any atom is -0.465 e. The van der Waals surface area contributed by atoms with Gasteiger partial charge in [-0.05, 0) is 25.0 Å². The summed E-state index contributed by atoms with van der Waals surface area (Å²) in [5, 5.41) is 3.18.